The predicted molar refractivity (Wildman–Crippen MR) is 122 cm³/mol. The van der Waals surface area contributed by atoms with E-state index in [1.165, 1.54) is 48.0 Å². The van der Waals surface area contributed by atoms with Crippen LogP contribution in [0.2, 0.25) is 0 Å². The topological polar surface area (TPSA) is 0 Å². The molecular weight excluding hydrogens is 344 g/mol. The minimum Gasteiger partial charge on any atom is -0.134 e. The second-order valence-electron chi connectivity index (χ2n) is 6.67. The molecule has 1 heterocycles. The lowest BCUT2D eigenvalue weighted by Crippen LogP contribution is -1.80. The van der Waals surface area contributed by atoms with Crippen molar-refractivity contribution < 1.29 is 0 Å². The Kier molecular flexibility index (Phi) is 4.79. The van der Waals surface area contributed by atoms with Crippen molar-refractivity contribution >= 4 is 37.1 Å². The molecule has 0 atom stereocenters. The number of hydrogen-bond donors (Lipinski definition) is 0. The van der Waals surface area contributed by atoms with Gasteiger partial charge >= 0.3 is 0 Å². The van der Waals surface area contributed by atoms with Gasteiger partial charge in [0.2, 0.25) is 0 Å². The third kappa shape index (κ3) is 3.15. The summed E-state index contributed by atoms with van der Waals surface area (Å²) in [5.41, 5.74) is 6.38. The highest BCUT2D eigenvalue weighted by Crippen LogP contribution is 2.42. The molecule has 0 unspecified atom stereocenters. The molecule has 0 amide bonds. The molecule has 4 aromatic rings. The highest BCUT2D eigenvalue weighted by Gasteiger charge is 2.13. The van der Waals surface area contributed by atoms with Crippen LogP contribution in [0.15, 0.2) is 91.5 Å². The standard InChI is InChI=1S/C26H22S/c1-4-6-9-19(5-2)21-10-7-12-23-24-13-8-11-22(26(24)27-25(21)23)20-16-14-18(3)15-17-20/h4-17H,1H2,2-3H3/b9-6-,19-5+. The van der Waals surface area contributed by atoms with Crippen LogP contribution in [0.3, 0.4) is 0 Å². The van der Waals surface area contributed by atoms with E-state index in [-0.39, 0.29) is 0 Å². The van der Waals surface area contributed by atoms with Crippen LogP contribution in [0.4, 0.5) is 0 Å². The first-order valence-electron chi connectivity index (χ1n) is 9.20. The largest absolute Gasteiger partial charge is 0.134 e. The molecule has 132 valence electrons. The summed E-state index contributed by atoms with van der Waals surface area (Å²) < 4.78 is 2.70. The monoisotopic (exact) mass is 366 g/mol. The molecule has 4 rings (SSSR count). The van der Waals surface area contributed by atoms with E-state index in [1.54, 1.807) is 0 Å². The Balaban J connectivity index is 2.00. The van der Waals surface area contributed by atoms with Gasteiger partial charge in [0.25, 0.3) is 0 Å². The molecule has 0 nitrogen and oxygen atoms in total. The van der Waals surface area contributed by atoms with Gasteiger partial charge in [-0.15, -0.1) is 11.3 Å². The molecule has 1 heteroatoms. The Labute approximate surface area is 164 Å². The van der Waals surface area contributed by atoms with E-state index in [0.717, 1.165) is 0 Å². The highest BCUT2D eigenvalue weighted by molar-refractivity contribution is 7.26. The Bertz CT molecular complexity index is 1180. The third-order valence-corrected chi connectivity index (χ3v) is 6.21. The summed E-state index contributed by atoms with van der Waals surface area (Å²) >= 11 is 1.89. The van der Waals surface area contributed by atoms with Crippen molar-refractivity contribution in [1.82, 2.24) is 0 Å². The number of thiophene rings is 1. The maximum atomic E-state index is 3.80. The highest BCUT2D eigenvalue weighted by atomic mass is 32.1. The average molecular weight is 367 g/mol. The molecule has 0 aliphatic carbocycles. The van der Waals surface area contributed by atoms with Gasteiger partial charge in [-0.05, 0) is 36.1 Å². The quantitative estimate of drug-likeness (QED) is 0.319. The van der Waals surface area contributed by atoms with Crippen LogP contribution in [0.5, 0.6) is 0 Å². The van der Waals surface area contributed by atoms with Crippen LogP contribution in [-0.4, -0.2) is 0 Å². The van der Waals surface area contributed by atoms with Gasteiger partial charge in [-0.2, -0.15) is 0 Å². The van der Waals surface area contributed by atoms with Crippen molar-refractivity contribution in [1.29, 1.82) is 0 Å². The molecule has 0 aliphatic rings. The molecular formula is C26H22S. The molecule has 1 aromatic heterocycles. The van der Waals surface area contributed by atoms with Crippen LogP contribution in [0, 0.1) is 6.92 Å². The summed E-state index contributed by atoms with van der Waals surface area (Å²) in [6.45, 7) is 8.02. The first-order chi connectivity index (χ1) is 13.2. The number of aryl methyl sites for hydroxylation is 1. The maximum Gasteiger partial charge on any atom is 0.0434 e. The molecule has 0 saturated carbocycles. The Morgan fingerprint density at radius 1 is 0.889 bits per heavy atom. The van der Waals surface area contributed by atoms with Gasteiger partial charge in [-0.25, -0.2) is 0 Å². The molecule has 0 fully saturated rings. The van der Waals surface area contributed by atoms with E-state index in [9.17, 15) is 0 Å². The van der Waals surface area contributed by atoms with E-state index < -0.39 is 0 Å². The van der Waals surface area contributed by atoms with E-state index in [1.807, 2.05) is 23.5 Å². The summed E-state index contributed by atoms with van der Waals surface area (Å²) in [7, 11) is 0. The fraction of sp³-hybridized carbons (Fsp3) is 0.0769. The minimum absolute atomic E-state index is 1.23. The predicted octanol–water partition coefficient (Wildman–Crippen LogP) is 8.18. The number of rotatable bonds is 4. The van der Waals surface area contributed by atoms with Crippen molar-refractivity contribution in [2.24, 2.45) is 0 Å². The summed E-state index contributed by atoms with van der Waals surface area (Å²) in [4.78, 5) is 0. The zero-order valence-corrected chi connectivity index (χ0v) is 16.5. The van der Waals surface area contributed by atoms with Crippen molar-refractivity contribution in [3.8, 4) is 11.1 Å². The maximum absolute atomic E-state index is 3.80. The van der Waals surface area contributed by atoms with E-state index in [0.29, 0.717) is 0 Å². The van der Waals surface area contributed by atoms with Crippen LogP contribution >= 0.6 is 11.3 Å². The molecule has 0 spiro atoms. The third-order valence-electron chi connectivity index (χ3n) is 4.92. The van der Waals surface area contributed by atoms with Crippen LogP contribution < -0.4 is 0 Å². The summed E-state index contributed by atoms with van der Waals surface area (Å²) in [6, 6.07) is 22.1. The molecule has 27 heavy (non-hydrogen) atoms. The zero-order chi connectivity index (χ0) is 18.8. The Morgan fingerprint density at radius 3 is 2.30 bits per heavy atom. The number of allylic oxidation sites excluding steroid dienone is 5. The van der Waals surface area contributed by atoms with Gasteiger partial charge in [0.1, 0.15) is 0 Å². The fourth-order valence-electron chi connectivity index (χ4n) is 3.52. The van der Waals surface area contributed by atoms with Crippen LogP contribution in [-0.2, 0) is 0 Å². The van der Waals surface area contributed by atoms with Gasteiger partial charge in [-0.1, -0.05) is 97.1 Å². The van der Waals surface area contributed by atoms with Gasteiger partial charge in [0.05, 0.1) is 0 Å². The Hall–Kier alpha value is -2.90. The van der Waals surface area contributed by atoms with Gasteiger partial charge < -0.3 is 0 Å². The summed E-state index contributed by atoms with van der Waals surface area (Å²) in [5.74, 6) is 0. The molecule has 0 aliphatic heterocycles. The molecule has 0 bridgehead atoms. The second kappa shape index (κ2) is 7.38. The first-order valence-corrected chi connectivity index (χ1v) is 10.0. The number of hydrogen-bond acceptors (Lipinski definition) is 1. The zero-order valence-electron chi connectivity index (χ0n) is 15.7. The van der Waals surface area contributed by atoms with Gasteiger partial charge in [0.15, 0.2) is 0 Å². The van der Waals surface area contributed by atoms with Crippen LogP contribution in [0.1, 0.15) is 18.1 Å². The van der Waals surface area contributed by atoms with E-state index in [2.05, 4.69) is 93.2 Å². The fourth-order valence-corrected chi connectivity index (χ4v) is 4.89. The molecule has 0 radical (unpaired) electrons. The van der Waals surface area contributed by atoms with Gasteiger partial charge in [0, 0.05) is 20.2 Å². The smallest absolute Gasteiger partial charge is 0.0434 e. The normalized spacial score (nSPS) is 12.3. The van der Waals surface area contributed by atoms with E-state index in [4.69, 9.17) is 0 Å². The van der Waals surface area contributed by atoms with Crippen LogP contribution in [0.25, 0.3) is 36.9 Å². The molecule has 0 N–H and O–H groups in total. The minimum atomic E-state index is 1.23. The summed E-state index contributed by atoms with van der Waals surface area (Å²) in [5, 5.41) is 2.66. The average Bonchev–Trinajstić information content (AvgIpc) is 3.09. The van der Waals surface area contributed by atoms with Crippen molar-refractivity contribution in [3.05, 3.63) is 103 Å². The van der Waals surface area contributed by atoms with Gasteiger partial charge in [-0.3, -0.25) is 0 Å². The van der Waals surface area contributed by atoms with E-state index >= 15 is 0 Å². The SMILES string of the molecule is C=C/C=C\C(=C/C)c1cccc2c1sc1c(-c3ccc(C)cc3)cccc12. The van der Waals surface area contributed by atoms with Crippen molar-refractivity contribution in [2.75, 3.05) is 0 Å². The summed E-state index contributed by atoms with van der Waals surface area (Å²) in [6.07, 6.45) is 8.12. The molecule has 0 saturated heterocycles. The molecule has 3 aromatic carbocycles. The van der Waals surface area contributed by atoms with Crippen molar-refractivity contribution in [3.63, 3.8) is 0 Å². The number of fused-ring (bicyclic) bond motifs is 3. The van der Waals surface area contributed by atoms with Crippen molar-refractivity contribution in [2.45, 2.75) is 13.8 Å². The Morgan fingerprint density at radius 2 is 1.59 bits per heavy atom. The second-order valence-corrected chi connectivity index (χ2v) is 7.69. The first kappa shape index (κ1) is 17.5. The lowest BCUT2D eigenvalue weighted by Gasteiger charge is -2.04. The lowest BCUT2D eigenvalue weighted by atomic mass is 9.99. The number of benzene rings is 3. The lowest BCUT2D eigenvalue weighted by molar-refractivity contribution is 1.47.